The van der Waals surface area contributed by atoms with E-state index in [0.29, 0.717) is 28.9 Å². The third-order valence-electron chi connectivity index (χ3n) is 9.82. The molecule has 3 aliphatic rings. The Labute approximate surface area is 287 Å². The summed E-state index contributed by atoms with van der Waals surface area (Å²) in [6, 6.07) is 8.33. The summed E-state index contributed by atoms with van der Waals surface area (Å²) in [6.45, 7) is 8.54. The number of nitrogens with zero attached hydrogens (tertiary/aromatic N) is 3. The third-order valence-corrected chi connectivity index (χ3v) is 14.3. The van der Waals surface area contributed by atoms with Crippen LogP contribution in [0.5, 0.6) is 0 Å². The third kappa shape index (κ3) is 6.25. The first-order valence-corrected chi connectivity index (χ1v) is 20.1. The minimum atomic E-state index is -4.86. The number of sulfonamides is 1. The molecule has 7 rings (SSSR count). The second kappa shape index (κ2) is 12.2. The van der Waals surface area contributed by atoms with Gasteiger partial charge in [-0.3, -0.25) is 4.72 Å². The van der Waals surface area contributed by atoms with Gasteiger partial charge in [0.15, 0.2) is 20.5 Å². The molecule has 2 unspecified atom stereocenters. The standard InChI is InChI=1S/C34H34F3N5O4S3/c1-4-34(14-18(2)13-19(3)15-34)32-40-29(20-7-5-10-25(27(20)37)42-49(45,46)31-23(35)8-6-9-24(31)36)30(47-32)26-11-12-38-33(39-26)41-28-21-16-48(43,44)17-22(21)28/h5-12,19,21-22,28,42H,2,4,13-17H2,1,3H3,(H,38,39,41)/t19?,21-,22+,28-,34?. The van der Waals surface area contributed by atoms with Crippen LogP contribution in [0.1, 0.15) is 44.5 Å². The number of anilines is 2. The smallest absolute Gasteiger partial charge is 0.267 e. The summed E-state index contributed by atoms with van der Waals surface area (Å²) >= 11 is 1.38. The van der Waals surface area contributed by atoms with E-state index in [1.54, 1.807) is 12.3 Å². The molecular formula is C34H34F3N5O4S3. The molecule has 2 aromatic heterocycles. The topological polar surface area (TPSA) is 131 Å². The fourth-order valence-corrected chi connectivity index (χ4v) is 12.3. The number of benzene rings is 2. The van der Waals surface area contributed by atoms with Gasteiger partial charge in [0.25, 0.3) is 10.0 Å². The minimum Gasteiger partial charge on any atom is -0.351 e. The van der Waals surface area contributed by atoms with Crippen molar-refractivity contribution in [2.75, 3.05) is 21.5 Å². The van der Waals surface area contributed by atoms with Crippen molar-refractivity contribution in [2.45, 2.75) is 55.9 Å². The lowest BCUT2D eigenvalue weighted by molar-refractivity contribution is 0.270. The molecule has 2 aromatic carbocycles. The van der Waals surface area contributed by atoms with Crippen molar-refractivity contribution in [1.29, 1.82) is 0 Å². The molecule has 2 saturated carbocycles. The van der Waals surface area contributed by atoms with E-state index in [1.165, 1.54) is 29.5 Å². The second-order valence-electron chi connectivity index (χ2n) is 13.4. The molecule has 3 heterocycles. The lowest BCUT2D eigenvalue weighted by Crippen LogP contribution is -2.32. The Bertz CT molecular complexity index is 2170. The summed E-state index contributed by atoms with van der Waals surface area (Å²) < 4.78 is 97.5. The summed E-state index contributed by atoms with van der Waals surface area (Å²) in [6.07, 6.45) is 4.77. The quantitative estimate of drug-likeness (QED) is 0.177. The average molecular weight is 730 g/mol. The highest BCUT2D eigenvalue weighted by atomic mass is 32.2. The Balaban J connectivity index is 1.30. The van der Waals surface area contributed by atoms with Gasteiger partial charge in [0, 0.05) is 23.2 Å². The molecule has 1 aliphatic heterocycles. The number of fused-ring (bicyclic) bond motifs is 1. The fourth-order valence-electron chi connectivity index (χ4n) is 7.54. The first-order chi connectivity index (χ1) is 23.2. The molecule has 0 bridgehead atoms. The molecular weight excluding hydrogens is 696 g/mol. The van der Waals surface area contributed by atoms with Crippen LogP contribution in [0.2, 0.25) is 0 Å². The van der Waals surface area contributed by atoms with E-state index in [1.807, 2.05) is 4.72 Å². The monoisotopic (exact) mass is 729 g/mol. The van der Waals surface area contributed by atoms with Crippen molar-refractivity contribution >= 4 is 42.8 Å². The summed E-state index contributed by atoms with van der Waals surface area (Å²) in [5.41, 5.74) is 0.873. The number of rotatable bonds is 9. The zero-order valence-electron chi connectivity index (χ0n) is 26.7. The summed E-state index contributed by atoms with van der Waals surface area (Å²) in [5.74, 6) is -2.68. The molecule has 0 amide bonds. The van der Waals surface area contributed by atoms with Crippen molar-refractivity contribution in [1.82, 2.24) is 15.0 Å². The maximum absolute atomic E-state index is 16.4. The van der Waals surface area contributed by atoms with Gasteiger partial charge in [-0.2, -0.15) is 0 Å². The summed E-state index contributed by atoms with van der Waals surface area (Å²) in [5, 5.41) is 4.04. The zero-order chi connectivity index (χ0) is 34.9. The number of hydrogen-bond acceptors (Lipinski definition) is 9. The molecule has 5 atom stereocenters. The molecule has 49 heavy (non-hydrogen) atoms. The molecule has 2 N–H and O–H groups in total. The van der Waals surface area contributed by atoms with Gasteiger partial charge in [-0.15, -0.1) is 11.3 Å². The molecule has 1 saturated heterocycles. The maximum Gasteiger partial charge on any atom is 0.267 e. The number of aromatic nitrogens is 3. The van der Waals surface area contributed by atoms with Crippen LogP contribution >= 0.6 is 11.3 Å². The number of hydrogen-bond donors (Lipinski definition) is 2. The molecule has 4 aromatic rings. The van der Waals surface area contributed by atoms with Crippen LogP contribution in [-0.4, -0.2) is 49.3 Å². The molecule has 15 heteroatoms. The van der Waals surface area contributed by atoms with E-state index in [4.69, 9.17) is 9.97 Å². The SMILES string of the molecule is C=C1CC(C)CC(CC)(c2nc(-c3cccc(NS(=O)(=O)c4c(F)cccc4F)c3F)c(-c3ccnc(N[C@@H]4[C@@H]5CS(=O)(=O)C[C@@H]54)n3)s2)C1. The number of thiazole rings is 1. The predicted molar refractivity (Wildman–Crippen MR) is 183 cm³/mol. The zero-order valence-corrected chi connectivity index (χ0v) is 29.2. The fraction of sp³-hybridized carbons (Fsp3) is 0.382. The Hall–Kier alpha value is -3.82. The first kappa shape index (κ1) is 33.7. The highest BCUT2D eigenvalue weighted by Crippen LogP contribution is 2.51. The number of halogens is 3. The Kier molecular flexibility index (Phi) is 8.38. The van der Waals surface area contributed by atoms with Gasteiger partial charge in [0.1, 0.15) is 16.6 Å². The molecule has 9 nitrogen and oxygen atoms in total. The lowest BCUT2D eigenvalue weighted by Gasteiger charge is -2.39. The lowest BCUT2D eigenvalue weighted by atomic mass is 9.67. The largest absolute Gasteiger partial charge is 0.351 e. The van der Waals surface area contributed by atoms with E-state index in [2.05, 4.69) is 30.7 Å². The molecule has 0 spiro atoms. The van der Waals surface area contributed by atoms with Crippen LogP contribution in [0, 0.1) is 35.2 Å². The number of nitrogens with one attached hydrogen (secondary N) is 2. The van der Waals surface area contributed by atoms with Crippen molar-refractivity contribution in [2.24, 2.45) is 17.8 Å². The van der Waals surface area contributed by atoms with E-state index in [9.17, 15) is 25.6 Å². The van der Waals surface area contributed by atoms with E-state index < -0.39 is 47.9 Å². The van der Waals surface area contributed by atoms with E-state index in [0.717, 1.165) is 48.0 Å². The Morgan fingerprint density at radius 1 is 1.04 bits per heavy atom. The van der Waals surface area contributed by atoms with Gasteiger partial charge in [0.2, 0.25) is 5.95 Å². The summed E-state index contributed by atoms with van der Waals surface area (Å²) in [7, 11) is -7.89. The van der Waals surface area contributed by atoms with Gasteiger partial charge < -0.3 is 5.32 Å². The van der Waals surface area contributed by atoms with Crippen LogP contribution < -0.4 is 10.0 Å². The number of sulfone groups is 1. The highest BCUT2D eigenvalue weighted by Gasteiger charge is 2.59. The normalized spacial score (nSPS) is 25.9. The first-order valence-electron chi connectivity index (χ1n) is 15.9. The van der Waals surface area contributed by atoms with Crippen LogP contribution in [0.25, 0.3) is 21.8 Å². The average Bonchev–Trinajstić information content (AvgIpc) is 3.34. The number of allylic oxidation sites excluding steroid dienone is 1. The predicted octanol–water partition coefficient (Wildman–Crippen LogP) is 6.96. The van der Waals surface area contributed by atoms with Gasteiger partial charge in [-0.05, 0) is 73.8 Å². The summed E-state index contributed by atoms with van der Waals surface area (Å²) in [4.78, 5) is 13.4. The van der Waals surface area contributed by atoms with E-state index in [-0.39, 0.29) is 46.1 Å². The molecule has 0 radical (unpaired) electrons. The second-order valence-corrected chi connectivity index (χ2v) is 18.2. The molecule has 258 valence electrons. The van der Waals surface area contributed by atoms with Crippen molar-refractivity contribution < 1.29 is 30.0 Å². The highest BCUT2D eigenvalue weighted by molar-refractivity contribution is 7.92. The van der Waals surface area contributed by atoms with Crippen molar-refractivity contribution in [3.63, 3.8) is 0 Å². The van der Waals surface area contributed by atoms with Gasteiger partial charge in [0.05, 0.1) is 33.5 Å². The van der Waals surface area contributed by atoms with E-state index >= 15 is 4.39 Å². The van der Waals surface area contributed by atoms with Crippen LogP contribution in [0.3, 0.4) is 0 Å². The maximum atomic E-state index is 16.4. The molecule has 3 fully saturated rings. The van der Waals surface area contributed by atoms with Crippen LogP contribution in [-0.2, 0) is 25.3 Å². The van der Waals surface area contributed by atoms with Crippen LogP contribution in [0.15, 0.2) is 65.7 Å². The van der Waals surface area contributed by atoms with Gasteiger partial charge in [-0.1, -0.05) is 38.1 Å². The Morgan fingerprint density at radius 3 is 2.41 bits per heavy atom. The van der Waals surface area contributed by atoms with Crippen LogP contribution in [0.4, 0.5) is 24.8 Å². The Morgan fingerprint density at radius 2 is 1.73 bits per heavy atom. The van der Waals surface area contributed by atoms with Crippen molar-refractivity contribution in [3.8, 4) is 21.8 Å². The van der Waals surface area contributed by atoms with Gasteiger partial charge in [-0.25, -0.2) is 45.0 Å². The van der Waals surface area contributed by atoms with Gasteiger partial charge >= 0.3 is 0 Å². The molecule has 2 aliphatic carbocycles. The van der Waals surface area contributed by atoms with Crippen molar-refractivity contribution in [3.05, 3.63) is 83.3 Å². The minimum absolute atomic E-state index is 0.00655.